The third kappa shape index (κ3) is 3.72. The standard InChI is InChI=1S/C23H34O4/c1-6-22(4)10-9-17-15(12-22)7-8-18-21(2,3)13-16(14-23(17,18)5)27-20(26)11-19(24)25/h6-7,16-18H,1,8-14H2,2-5H3,(H,24,25)/t16-,17+,18-,22+,23+/m1/s1. The summed E-state index contributed by atoms with van der Waals surface area (Å²) in [5, 5.41) is 8.86. The molecule has 3 rings (SSSR count). The number of esters is 1. The summed E-state index contributed by atoms with van der Waals surface area (Å²) in [6.07, 6.45) is 9.93. The molecule has 0 aliphatic heterocycles. The molecule has 0 heterocycles. The number of hydrogen-bond acceptors (Lipinski definition) is 3. The first-order chi connectivity index (χ1) is 12.5. The third-order valence-electron chi connectivity index (χ3n) is 7.72. The van der Waals surface area contributed by atoms with Crippen molar-refractivity contribution in [2.75, 3.05) is 0 Å². The second-order valence-electron chi connectivity index (χ2n) is 10.3. The second-order valence-corrected chi connectivity index (χ2v) is 10.3. The molecule has 0 bridgehead atoms. The van der Waals surface area contributed by atoms with Gasteiger partial charge in [0.05, 0.1) is 0 Å². The number of carboxylic acids is 1. The lowest BCUT2D eigenvalue weighted by Gasteiger charge is -2.60. The van der Waals surface area contributed by atoms with Crippen molar-refractivity contribution in [3.63, 3.8) is 0 Å². The second kappa shape index (κ2) is 6.79. The first-order valence-electron chi connectivity index (χ1n) is 10.2. The van der Waals surface area contributed by atoms with Crippen LogP contribution in [-0.4, -0.2) is 23.1 Å². The van der Waals surface area contributed by atoms with E-state index in [1.807, 2.05) is 0 Å². The number of ether oxygens (including phenoxy) is 1. The topological polar surface area (TPSA) is 63.6 Å². The molecule has 4 nitrogen and oxygen atoms in total. The van der Waals surface area contributed by atoms with Crippen molar-refractivity contribution in [2.45, 2.75) is 78.7 Å². The lowest BCUT2D eigenvalue weighted by Crippen LogP contribution is -2.54. The number of hydrogen-bond donors (Lipinski definition) is 1. The Morgan fingerprint density at radius 3 is 2.63 bits per heavy atom. The highest BCUT2D eigenvalue weighted by atomic mass is 16.5. The van der Waals surface area contributed by atoms with Crippen LogP contribution in [0.2, 0.25) is 0 Å². The summed E-state index contributed by atoms with van der Waals surface area (Å²) >= 11 is 0. The quantitative estimate of drug-likeness (QED) is 0.420. The molecule has 0 aromatic heterocycles. The Bertz CT molecular complexity index is 676. The molecule has 2 fully saturated rings. The molecular formula is C23H34O4. The molecule has 0 aromatic carbocycles. The van der Waals surface area contributed by atoms with Gasteiger partial charge in [-0.2, -0.15) is 0 Å². The Morgan fingerprint density at radius 2 is 2.00 bits per heavy atom. The van der Waals surface area contributed by atoms with E-state index in [2.05, 4.69) is 46.4 Å². The van der Waals surface area contributed by atoms with E-state index in [1.54, 1.807) is 5.57 Å². The zero-order valence-corrected chi connectivity index (χ0v) is 17.2. The molecule has 1 N–H and O–H groups in total. The number of rotatable bonds is 4. The molecule has 150 valence electrons. The molecule has 0 aromatic rings. The van der Waals surface area contributed by atoms with Gasteiger partial charge >= 0.3 is 11.9 Å². The largest absolute Gasteiger partial charge is 0.481 e. The molecule has 3 aliphatic carbocycles. The first-order valence-corrected chi connectivity index (χ1v) is 10.2. The minimum Gasteiger partial charge on any atom is -0.481 e. The van der Waals surface area contributed by atoms with Gasteiger partial charge in [0.25, 0.3) is 0 Å². The summed E-state index contributed by atoms with van der Waals surface area (Å²) in [5.41, 5.74) is 1.88. The number of aliphatic carboxylic acids is 1. The van der Waals surface area contributed by atoms with Crippen molar-refractivity contribution >= 4 is 11.9 Å². The summed E-state index contributed by atoms with van der Waals surface area (Å²) in [6.45, 7) is 13.3. The van der Waals surface area contributed by atoms with Crippen molar-refractivity contribution < 1.29 is 19.4 Å². The Kier molecular flexibility index (Phi) is 5.07. The van der Waals surface area contributed by atoms with Crippen molar-refractivity contribution in [3.8, 4) is 0 Å². The third-order valence-corrected chi connectivity index (χ3v) is 7.72. The van der Waals surface area contributed by atoms with Crippen LogP contribution in [0.3, 0.4) is 0 Å². The van der Waals surface area contributed by atoms with Gasteiger partial charge in [0.15, 0.2) is 0 Å². The number of carboxylic acid groups (broad SMARTS) is 1. The molecule has 3 aliphatic rings. The van der Waals surface area contributed by atoms with E-state index in [0.717, 1.165) is 38.5 Å². The van der Waals surface area contributed by atoms with Gasteiger partial charge in [-0.15, -0.1) is 6.58 Å². The maximum Gasteiger partial charge on any atom is 0.317 e. The zero-order chi connectivity index (χ0) is 20.0. The zero-order valence-electron chi connectivity index (χ0n) is 17.2. The van der Waals surface area contributed by atoms with Crippen LogP contribution in [0.4, 0.5) is 0 Å². The van der Waals surface area contributed by atoms with E-state index < -0.39 is 18.4 Å². The van der Waals surface area contributed by atoms with Crippen LogP contribution < -0.4 is 0 Å². The lowest BCUT2D eigenvalue weighted by molar-refractivity contribution is -0.167. The Hall–Kier alpha value is -1.58. The molecule has 0 unspecified atom stereocenters. The number of carbonyl (C=O) groups is 2. The van der Waals surface area contributed by atoms with Crippen molar-refractivity contribution in [2.24, 2.45) is 28.1 Å². The Morgan fingerprint density at radius 1 is 1.30 bits per heavy atom. The van der Waals surface area contributed by atoms with Gasteiger partial charge in [-0.25, -0.2) is 0 Å². The number of carbonyl (C=O) groups excluding carboxylic acids is 1. The Labute approximate surface area is 163 Å². The highest BCUT2D eigenvalue weighted by molar-refractivity contribution is 5.90. The van der Waals surface area contributed by atoms with Crippen molar-refractivity contribution in [1.29, 1.82) is 0 Å². The summed E-state index contributed by atoms with van der Waals surface area (Å²) in [7, 11) is 0. The minimum atomic E-state index is -1.13. The number of fused-ring (bicyclic) bond motifs is 3. The van der Waals surface area contributed by atoms with E-state index in [-0.39, 0.29) is 22.3 Å². The molecule has 5 atom stereocenters. The van der Waals surface area contributed by atoms with Gasteiger partial charge in [-0.05, 0) is 66.6 Å². The minimum absolute atomic E-state index is 0.0579. The molecule has 4 heteroatoms. The highest BCUT2D eigenvalue weighted by Gasteiger charge is 2.56. The van der Waals surface area contributed by atoms with Crippen molar-refractivity contribution in [1.82, 2.24) is 0 Å². The summed E-state index contributed by atoms with van der Waals surface area (Å²) in [6, 6.07) is 0. The maximum atomic E-state index is 12.0. The fourth-order valence-electron chi connectivity index (χ4n) is 6.48. The SMILES string of the molecule is C=C[C@@]1(C)CC[C@H]2C(=CC[C@@H]3C(C)(C)C[C@@H](OC(=O)CC(=O)O)C[C@]32C)C1. The normalized spacial score (nSPS) is 40.1. The summed E-state index contributed by atoms with van der Waals surface area (Å²) in [4.78, 5) is 22.8. The predicted molar refractivity (Wildman–Crippen MR) is 105 cm³/mol. The first kappa shape index (κ1) is 20.2. The summed E-state index contributed by atoms with van der Waals surface area (Å²) < 4.78 is 5.64. The molecule has 0 saturated heterocycles. The van der Waals surface area contributed by atoms with E-state index in [4.69, 9.17) is 9.84 Å². The highest BCUT2D eigenvalue weighted by Crippen LogP contribution is 2.63. The van der Waals surface area contributed by atoms with Crippen LogP contribution in [0, 0.1) is 28.1 Å². The van der Waals surface area contributed by atoms with Gasteiger partial charge in [-0.1, -0.05) is 45.4 Å². The fourth-order valence-corrected chi connectivity index (χ4v) is 6.48. The van der Waals surface area contributed by atoms with E-state index >= 15 is 0 Å². The molecular weight excluding hydrogens is 340 g/mol. The monoisotopic (exact) mass is 374 g/mol. The fraction of sp³-hybridized carbons (Fsp3) is 0.739. The summed E-state index contributed by atoms with van der Waals surface area (Å²) in [5.74, 6) is -0.663. The molecule has 0 spiro atoms. The Balaban J connectivity index is 1.85. The maximum absolute atomic E-state index is 12.0. The van der Waals surface area contributed by atoms with E-state index in [0.29, 0.717) is 11.8 Å². The average Bonchev–Trinajstić information content (AvgIpc) is 2.52. The van der Waals surface area contributed by atoms with Gasteiger partial charge < -0.3 is 9.84 Å². The van der Waals surface area contributed by atoms with Crippen LogP contribution in [0.15, 0.2) is 24.3 Å². The van der Waals surface area contributed by atoms with Gasteiger partial charge in [0.2, 0.25) is 0 Å². The van der Waals surface area contributed by atoms with Crippen LogP contribution in [0.1, 0.15) is 72.6 Å². The average molecular weight is 375 g/mol. The van der Waals surface area contributed by atoms with Gasteiger partial charge in [0.1, 0.15) is 12.5 Å². The molecule has 27 heavy (non-hydrogen) atoms. The lowest BCUT2D eigenvalue weighted by atomic mass is 9.45. The molecule has 0 radical (unpaired) electrons. The smallest absolute Gasteiger partial charge is 0.317 e. The van der Waals surface area contributed by atoms with Gasteiger partial charge in [-0.3, -0.25) is 9.59 Å². The molecule has 0 amide bonds. The van der Waals surface area contributed by atoms with Crippen LogP contribution in [-0.2, 0) is 14.3 Å². The van der Waals surface area contributed by atoms with Crippen LogP contribution >= 0.6 is 0 Å². The predicted octanol–water partition coefficient (Wildman–Crippen LogP) is 5.14. The van der Waals surface area contributed by atoms with Gasteiger partial charge in [0, 0.05) is 0 Å². The van der Waals surface area contributed by atoms with Crippen molar-refractivity contribution in [3.05, 3.63) is 24.3 Å². The van der Waals surface area contributed by atoms with E-state index in [1.165, 1.54) is 0 Å². The van der Waals surface area contributed by atoms with E-state index in [9.17, 15) is 9.59 Å². The van der Waals surface area contributed by atoms with Crippen LogP contribution in [0.5, 0.6) is 0 Å². The van der Waals surface area contributed by atoms with Crippen LogP contribution in [0.25, 0.3) is 0 Å². The number of allylic oxidation sites excluding steroid dienone is 3. The molecule has 2 saturated carbocycles.